The van der Waals surface area contributed by atoms with Crippen molar-refractivity contribution in [2.24, 2.45) is 4.99 Å². The second kappa shape index (κ2) is 7.30. The Balaban J connectivity index is 2.12. The van der Waals surface area contributed by atoms with Crippen LogP contribution in [0.2, 0.25) is 5.02 Å². The number of pyridine rings is 1. The molecule has 7 heteroatoms. The van der Waals surface area contributed by atoms with Crippen molar-refractivity contribution in [2.75, 3.05) is 0 Å². The predicted octanol–water partition coefficient (Wildman–Crippen LogP) is 3.78. The van der Waals surface area contributed by atoms with Gasteiger partial charge in [-0.2, -0.15) is 5.26 Å². The van der Waals surface area contributed by atoms with Gasteiger partial charge in [-0.15, -0.1) is 0 Å². The van der Waals surface area contributed by atoms with Crippen LogP contribution in [0.5, 0.6) is 5.88 Å². The second-order valence-electron chi connectivity index (χ2n) is 5.56. The van der Waals surface area contributed by atoms with Crippen LogP contribution in [0.1, 0.15) is 22.5 Å². The molecule has 6 nitrogen and oxygen atoms in total. The fourth-order valence-electron chi connectivity index (χ4n) is 2.53. The molecule has 0 unspecified atom stereocenters. The molecule has 0 fully saturated rings. The van der Waals surface area contributed by atoms with Crippen LogP contribution in [-0.2, 0) is 6.54 Å². The molecule has 0 aliphatic heterocycles. The third-order valence-corrected chi connectivity index (χ3v) is 4.13. The van der Waals surface area contributed by atoms with E-state index in [1.54, 1.807) is 43.3 Å². The third kappa shape index (κ3) is 3.39. The maximum atomic E-state index is 12.5. The van der Waals surface area contributed by atoms with E-state index in [1.165, 1.54) is 12.5 Å². The summed E-state index contributed by atoms with van der Waals surface area (Å²) in [5, 5.41) is 20.5. The van der Waals surface area contributed by atoms with Crippen LogP contribution >= 0.6 is 11.6 Å². The van der Waals surface area contributed by atoms with Crippen molar-refractivity contribution in [3.05, 3.63) is 80.5 Å². The molecule has 0 spiro atoms. The lowest BCUT2D eigenvalue weighted by Gasteiger charge is -2.13. The van der Waals surface area contributed by atoms with Gasteiger partial charge < -0.3 is 9.52 Å². The number of nitrogens with zero attached hydrogens (tertiary/aromatic N) is 3. The lowest BCUT2D eigenvalue weighted by atomic mass is 10.1. The van der Waals surface area contributed by atoms with Crippen molar-refractivity contribution in [3.63, 3.8) is 0 Å². The van der Waals surface area contributed by atoms with E-state index in [0.29, 0.717) is 22.0 Å². The molecule has 2 heterocycles. The zero-order valence-electron chi connectivity index (χ0n) is 13.8. The number of aliphatic imine (C=N–C) groups is 1. The average molecular weight is 368 g/mol. The summed E-state index contributed by atoms with van der Waals surface area (Å²) in [4.78, 5) is 16.8. The Bertz CT molecular complexity index is 1080. The number of aromatic hydroxyl groups is 1. The van der Waals surface area contributed by atoms with Crippen LogP contribution in [0.3, 0.4) is 0 Å². The van der Waals surface area contributed by atoms with Crippen LogP contribution in [0.4, 0.5) is 5.69 Å². The molecule has 0 saturated heterocycles. The minimum atomic E-state index is -0.584. The van der Waals surface area contributed by atoms with E-state index in [9.17, 15) is 15.2 Å². The summed E-state index contributed by atoms with van der Waals surface area (Å²) < 4.78 is 6.32. The Labute approximate surface area is 154 Å². The fourth-order valence-corrected chi connectivity index (χ4v) is 2.71. The van der Waals surface area contributed by atoms with Crippen molar-refractivity contribution in [2.45, 2.75) is 13.5 Å². The van der Waals surface area contributed by atoms with Gasteiger partial charge in [0, 0.05) is 11.2 Å². The first-order valence-electron chi connectivity index (χ1n) is 7.69. The molecule has 26 heavy (non-hydrogen) atoms. The van der Waals surface area contributed by atoms with Crippen LogP contribution in [0.15, 0.2) is 56.9 Å². The van der Waals surface area contributed by atoms with E-state index in [0.717, 1.165) is 4.57 Å². The number of benzene rings is 1. The van der Waals surface area contributed by atoms with Gasteiger partial charge in [-0.25, -0.2) is 0 Å². The van der Waals surface area contributed by atoms with Crippen molar-refractivity contribution < 1.29 is 9.52 Å². The van der Waals surface area contributed by atoms with Crippen LogP contribution < -0.4 is 5.56 Å². The van der Waals surface area contributed by atoms with Gasteiger partial charge in [0.15, 0.2) is 0 Å². The van der Waals surface area contributed by atoms with Gasteiger partial charge >= 0.3 is 0 Å². The molecule has 0 saturated carbocycles. The molecular weight excluding hydrogens is 354 g/mol. The summed E-state index contributed by atoms with van der Waals surface area (Å²) in [6, 6.07) is 12.1. The molecular formula is C19H14ClN3O3. The normalized spacial score (nSPS) is 11.0. The number of aromatic nitrogens is 1. The predicted molar refractivity (Wildman–Crippen MR) is 98.3 cm³/mol. The van der Waals surface area contributed by atoms with Crippen molar-refractivity contribution in [1.29, 1.82) is 5.26 Å². The average Bonchev–Trinajstić information content (AvgIpc) is 3.12. The maximum absolute atomic E-state index is 12.5. The fraction of sp³-hybridized carbons (Fsp3) is 0.105. The zero-order valence-corrected chi connectivity index (χ0v) is 14.6. The highest BCUT2D eigenvalue weighted by atomic mass is 35.5. The lowest BCUT2D eigenvalue weighted by molar-refractivity contribution is 0.397. The summed E-state index contributed by atoms with van der Waals surface area (Å²) in [7, 11) is 0. The monoisotopic (exact) mass is 367 g/mol. The lowest BCUT2D eigenvalue weighted by Crippen LogP contribution is -2.25. The smallest absolute Gasteiger partial charge is 0.271 e. The van der Waals surface area contributed by atoms with E-state index >= 15 is 0 Å². The molecule has 0 bridgehead atoms. The SMILES string of the molecule is Cc1c(C=Nc2cccc(Cl)c2)c(O)n(Cc2ccco2)c(=O)c1C#N. The van der Waals surface area contributed by atoms with Gasteiger partial charge in [0.05, 0.1) is 24.1 Å². The number of rotatable bonds is 4. The Morgan fingerprint density at radius 3 is 2.85 bits per heavy atom. The number of nitriles is 1. The molecule has 0 aliphatic rings. The van der Waals surface area contributed by atoms with Gasteiger partial charge in [0.2, 0.25) is 5.88 Å². The molecule has 2 aromatic heterocycles. The molecule has 1 N–H and O–H groups in total. The largest absolute Gasteiger partial charge is 0.494 e. The quantitative estimate of drug-likeness (QED) is 0.710. The van der Waals surface area contributed by atoms with Crippen molar-refractivity contribution >= 4 is 23.5 Å². The van der Waals surface area contributed by atoms with Crippen molar-refractivity contribution in [3.8, 4) is 11.9 Å². The van der Waals surface area contributed by atoms with E-state index in [4.69, 9.17) is 16.0 Å². The van der Waals surface area contributed by atoms with E-state index < -0.39 is 5.56 Å². The van der Waals surface area contributed by atoms with Crippen molar-refractivity contribution in [1.82, 2.24) is 4.57 Å². The summed E-state index contributed by atoms with van der Waals surface area (Å²) in [6.07, 6.45) is 2.88. The van der Waals surface area contributed by atoms with E-state index in [2.05, 4.69) is 4.99 Å². The van der Waals surface area contributed by atoms with Crippen LogP contribution in [0.25, 0.3) is 0 Å². The minimum Gasteiger partial charge on any atom is -0.494 e. The molecule has 0 atom stereocenters. The zero-order chi connectivity index (χ0) is 18.7. The maximum Gasteiger partial charge on any atom is 0.271 e. The first-order chi connectivity index (χ1) is 12.5. The first kappa shape index (κ1) is 17.5. The highest BCUT2D eigenvalue weighted by Crippen LogP contribution is 2.23. The van der Waals surface area contributed by atoms with Crippen LogP contribution in [-0.4, -0.2) is 15.9 Å². The van der Waals surface area contributed by atoms with E-state index in [1.807, 2.05) is 6.07 Å². The Kier molecular flexibility index (Phi) is 4.92. The molecule has 0 aliphatic carbocycles. The van der Waals surface area contributed by atoms with Crippen LogP contribution in [0, 0.1) is 18.3 Å². The van der Waals surface area contributed by atoms with Gasteiger partial charge in [0.1, 0.15) is 17.4 Å². The van der Waals surface area contributed by atoms with Gasteiger partial charge in [-0.05, 0) is 42.8 Å². The van der Waals surface area contributed by atoms with E-state index in [-0.39, 0.29) is 23.6 Å². The molecule has 3 aromatic rings. The van der Waals surface area contributed by atoms with Gasteiger partial charge in [-0.1, -0.05) is 17.7 Å². The second-order valence-corrected chi connectivity index (χ2v) is 5.99. The summed E-state index contributed by atoms with van der Waals surface area (Å²) in [5.74, 6) is 0.196. The number of furan rings is 1. The topological polar surface area (TPSA) is 91.5 Å². The highest BCUT2D eigenvalue weighted by Gasteiger charge is 2.18. The molecule has 0 radical (unpaired) electrons. The summed E-state index contributed by atoms with van der Waals surface area (Å²) in [5.41, 5.74) is 0.587. The summed E-state index contributed by atoms with van der Waals surface area (Å²) in [6.45, 7) is 1.60. The molecule has 3 rings (SSSR count). The number of hydrogen-bond acceptors (Lipinski definition) is 5. The Morgan fingerprint density at radius 2 is 2.19 bits per heavy atom. The Morgan fingerprint density at radius 1 is 1.38 bits per heavy atom. The van der Waals surface area contributed by atoms with Gasteiger partial charge in [-0.3, -0.25) is 14.4 Å². The number of halogens is 1. The van der Waals surface area contributed by atoms with Gasteiger partial charge in [0.25, 0.3) is 5.56 Å². The third-order valence-electron chi connectivity index (χ3n) is 3.89. The Hall–Kier alpha value is -3.30. The summed E-state index contributed by atoms with van der Waals surface area (Å²) >= 11 is 5.94. The minimum absolute atomic E-state index is 0.00460. The highest BCUT2D eigenvalue weighted by molar-refractivity contribution is 6.30. The molecule has 0 amide bonds. The molecule has 130 valence electrons. The molecule has 1 aromatic carbocycles. The standard InChI is InChI=1S/C19H14ClN3O3/c1-12-16(9-21)18(24)23(11-15-6-3-7-26-15)19(25)17(12)10-22-14-5-2-4-13(20)8-14/h2-8,10,25H,11H2,1H3. The number of hydrogen-bond donors (Lipinski definition) is 1. The first-order valence-corrected chi connectivity index (χ1v) is 8.07.